The monoisotopic (exact) mass is 270 g/mol. The maximum atomic E-state index is 11.5. The van der Waals surface area contributed by atoms with Crippen molar-refractivity contribution in [2.45, 2.75) is 12.8 Å². The predicted octanol–water partition coefficient (Wildman–Crippen LogP) is 0.859. The molecule has 0 saturated carbocycles. The van der Waals surface area contributed by atoms with Crippen LogP contribution in [-0.2, 0) is 22.9 Å². The Morgan fingerprint density at radius 2 is 2.17 bits per heavy atom. The largest absolute Gasteiger partial charge is 0.272 e. The van der Waals surface area contributed by atoms with Crippen molar-refractivity contribution in [3.63, 3.8) is 0 Å². The molecule has 2 rings (SSSR count). The van der Waals surface area contributed by atoms with E-state index < -0.39 is 14.9 Å². The molecule has 0 aromatic heterocycles. The van der Waals surface area contributed by atoms with Crippen LogP contribution in [0.3, 0.4) is 0 Å². The zero-order chi connectivity index (χ0) is 13.3. The molecule has 1 aromatic rings. The minimum atomic E-state index is -3.27. The van der Waals surface area contributed by atoms with Crippen molar-refractivity contribution in [1.82, 2.24) is 4.72 Å². The molecule has 7 heteroatoms. The van der Waals surface area contributed by atoms with E-state index in [2.05, 4.69) is 4.72 Å². The van der Waals surface area contributed by atoms with Gasteiger partial charge in [-0.1, -0.05) is 12.1 Å². The van der Waals surface area contributed by atoms with Crippen LogP contribution in [0.4, 0.5) is 5.69 Å². The Labute approximate surface area is 105 Å². The van der Waals surface area contributed by atoms with Gasteiger partial charge in [-0.05, 0) is 31.4 Å². The number of sulfonamides is 1. The summed E-state index contributed by atoms with van der Waals surface area (Å²) in [5, 5.41) is 10.9. The fourth-order valence-corrected chi connectivity index (χ4v) is 3.43. The van der Waals surface area contributed by atoms with Crippen molar-refractivity contribution in [1.29, 1.82) is 0 Å². The van der Waals surface area contributed by atoms with Gasteiger partial charge in [0.25, 0.3) is 5.69 Å². The maximum Gasteiger partial charge on any atom is 0.272 e. The third-order valence-corrected chi connectivity index (χ3v) is 4.74. The number of nitro groups is 1. The van der Waals surface area contributed by atoms with E-state index in [4.69, 9.17) is 0 Å². The number of benzene rings is 1. The Morgan fingerprint density at radius 1 is 1.44 bits per heavy atom. The highest BCUT2D eigenvalue weighted by atomic mass is 32.2. The first kappa shape index (κ1) is 13.0. The zero-order valence-corrected chi connectivity index (χ0v) is 10.7. The molecule has 0 aliphatic heterocycles. The molecule has 1 aliphatic rings. The molecule has 6 nitrogen and oxygen atoms in total. The second-order valence-electron chi connectivity index (χ2n) is 4.43. The fourth-order valence-electron chi connectivity index (χ4n) is 2.40. The molecule has 0 fully saturated rings. The summed E-state index contributed by atoms with van der Waals surface area (Å²) in [5.74, 6) is -0.0754. The van der Waals surface area contributed by atoms with Gasteiger partial charge < -0.3 is 0 Å². The second-order valence-corrected chi connectivity index (χ2v) is 6.40. The first-order valence-electron chi connectivity index (χ1n) is 5.59. The highest BCUT2D eigenvalue weighted by Crippen LogP contribution is 2.33. The van der Waals surface area contributed by atoms with Crippen LogP contribution < -0.4 is 4.72 Å². The van der Waals surface area contributed by atoms with Crippen molar-refractivity contribution < 1.29 is 13.3 Å². The molecule has 18 heavy (non-hydrogen) atoms. The first-order chi connectivity index (χ1) is 8.43. The first-order valence-corrected chi connectivity index (χ1v) is 7.24. The molecule has 0 spiro atoms. The van der Waals surface area contributed by atoms with Gasteiger partial charge in [0.05, 0.1) is 10.7 Å². The van der Waals surface area contributed by atoms with Crippen molar-refractivity contribution in [3.8, 4) is 0 Å². The summed E-state index contributed by atoms with van der Waals surface area (Å²) in [4.78, 5) is 10.5. The lowest BCUT2D eigenvalue weighted by atomic mass is 10.1. The van der Waals surface area contributed by atoms with Crippen LogP contribution in [-0.4, -0.2) is 26.1 Å². The number of nitrogens with zero attached hydrogens (tertiary/aromatic N) is 1. The SMILES string of the molecule is CNS(=O)(=O)C[C@H]1Cc2cccc([N+](=O)[O-])c2C1. The maximum absolute atomic E-state index is 11.5. The summed E-state index contributed by atoms with van der Waals surface area (Å²) in [5.41, 5.74) is 1.66. The van der Waals surface area contributed by atoms with Gasteiger partial charge in [-0.3, -0.25) is 10.1 Å². The lowest BCUT2D eigenvalue weighted by Crippen LogP contribution is -2.27. The summed E-state index contributed by atoms with van der Waals surface area (Å²) < 4.78 is 25.2. The topological polar surface area (TPSA) is 89.3 Å². The van der Waals surface area contributed by atoms with Gasteiger partial charge in [0, 0.05) is 11.6 Å². The Kier molecular flexibility index (Phi) is 3.36. The van der Waals surface area contributed by atoms with Crippen LogP contribution in [0.5, 0.6) is 0 Å². The van der Waals surface area contributed by atoms with Crippen LogP contribution in [0.2, 0.25) is 0 Å². The van der Waals surface area contributed by atoms with Crippen LogP contribution in [0.25, 0.3) is 0 Å². The van der Waals surface area contributed by atoms with Gasteiger partial charge in [0.15, 0.2) is 0 Å². The number of hydrogen-bond acceptors (Lipinski definition) is 4. The minimum absolute atomic E-state index is 0.00926. The van der Waals surface area contributed by atoms with Crippen LogP contribution in [0.15, 0.2) is 18.2 Å². The second kappa shape index (κ2) is 4.66. The van der Waals surface area contributed by atoms with Crippen LogP contribution >= 0.6 is 0 Å². The van der Waals surface area contributed by atoms with Gasteiger partial charge in [-0.15, -0.1) is 0 Å². The van der Waals surface area contributed by atoms with Gasteiger partial charge in [-0.25, -0.2) is 13.1 Å². The zero-order valence-electron chi connectivity index (χ0n) is 9.92. The van der Waals surface area contributed by atoms with E-state index in [-0.39, 0.29) is 17.4 Å². The third-order valence-electron chi connectivity index (χ3n) is 3.21. The van der Waals surface area contributed by atoms with E-state index in [1.807, 2.05) is 6.07 Å². The predicted molar refractivity (Wildman–Crippen MR) is 66.8 cm³/mol. The lowest BCUT2D eigenvalue weighted by Gasteiger charge is -2.08. The summed E-state index contributed by atoms with van der Waals surface area (Å²) in [6.07, 6.45) is 1.03. The van der Waals surface area contributed by atoms with Crippen molar-refractivity contribution in [2.24, 2.45) is 5.92 Å². The molecule has 1 aliphatic carbocycles. The Morgan fingerprint density at radius 3 is 2.78 bits per heavy atom. The van der Waals surface area contributed by atoms with Gasteiger partial charge in [0.1, 0.15) is 0 Å². The van der Waals surface area contributed by atoms with E-state index in [1.165, 1.54) is 13.1 Å². The van der Waals surface area contributed by atoms with E-state index in [0.29, 0.717) is 18.4 Å². The molecule has 1 atom stereocenters. The molecule has 1 N–H and O–H groups in total. The van der Waals surface area contributed by atoms with Gasteiger partial charge >= 0.3 is 0 Å². The summed E-state index contributed by atoms with van der Waals surface area (Å²) >= 11 is 0. The highest BCUT2D eigenvalue weighted by molar-refractivity contribution is 7.89. The van der Waals surface area contributed by atoms with Crippen molar-refractivity contribution in [2.75, 3.05) is 12.8 Å². The average Bonchev–Trinajstić information content (AvgIpc) is 2.69. The van der Waals surface area contributed by atoms with E-state index in [9.17, 15) is 18.5 Å². The van der Waals surface area contributed by atoms with Crippen LogP contribution in [0.1, 0.15) is 11.1 Å². The normalized spacial score (nSPS) is 18.6. The summed E-state index contributed by atoms with van der Waals surface area (Å²) in [6.45, 7) is 0. The summed E-state index contributed by atoms with van der Waals surface area (Å²) in [6, 6.07) is 4.94. The highest BCUT2D eigenvalue weighted by Gasteiger charge is 2.30. The molecule has 0 unspecified atom stereocenters. The molecular weight excluding hydrogens is 256 g/mol. The number of hydrogen-bond donors (Lipinski definition) is 1. The quantitative estimate of drug-likeness (QED) is 0.649. The molecule has 0 radical (unpaired) electrons. The van der Waals surface area contributed by atoms with Gasteiger partial charge in [0.2, 0.25) is 10.0 Å². The number of nitrogens with one attached hydrogen (secondary N) is 1. The van der Waals surface area contributed by atoms with Crippen molar-refractivity contribution in [3.05, 3.63) is 39.4 Å². The van der Waals surface area contributed by atoms with Gasteiger partial charge in [-0.2, -0.15) is 0 Å². The molecule has 98 valence electrons. The molecule has 0 heterocycles. The summed E-state index contributed by atoms with van der Waals surface area (Å²) in [7, 11) is -1.90. The molecule has 0 amide bonds. The Hall–Kier alpha value is -1.47. The number of nitro benzene ring substituents is 1. The minimum Gasteiger partial charge on any atom is -0.258 e. The van der Waals surface area contributed by atoms with E-state index in [0.717, 1.165) is 5.56 Å². The number of fused-ring (bicyclic) bond motifs is 1. The standard InChI is InChI=1S/C11H14N2O4S/c1-12-18(16,17)7-8-5-9-3-2-4-11(13(14)15)10(9)6-8/h2-4,8,12H,5-7H2,1H3/t8-/m0/s1. The fraction of sp³-hybridized carbons (Fsp3) is 0.455. The molecule has 0 bridgehead atoms. The molecular formula is C11H14N2O4S. The van der Waals surface area contributed by atoms with Crippen LogP contribution in [0, 0.1) is 16.0 Å². The Bertz CT molecular complexity index is 583. The molecule has 1 aromatic carbocycles. The smallest absolute Gasteiger partial charge is 0.258 e. The van der Waals surface area contributed by atoms with E-state index >= 15 is 0 Å². The molecule has 0 saturated heterocycles. The Balaban J connectivity index is 2.23. The number of rotatable bonds is 4. The van der Waals surface area contributed by atoms with Crippen molar-refractivity contribution >= 4 is 15.7 Å². The average molecular weight is 270 g/mol. The third kappa shape index (κ3) is 2.51. The lowest BCUT2D eigenvalue weighted by molar-refractivity contribution is -0.385. The van der Waals surface area contributed by atoms with E-state index in [1.54, 1.807) is 6.07 Å².